The molecule has 2 aromatic carbocycles. The van der Waals surface area contributed by atoms with Crippen LogP contribution in [-0.2, 0) is 27.9 Å². The molecule has 0 saturated carbocycles. The molecule has 13 heteroatoms. The number of hydrogen-bond acceptors (Lipinski definition) is 10. The van der Waals surface area contributed by atoms with E-state index in [-0.39, 0.29) is 44.2 Å². The summed E-state index contributed by atoms with van der Waals surface area (Å²) in [6, 6.07) is 15.9. The van der Waals surface area contributed by atoms with Crippen molar-refractivity contribution in [1.82, 2.24) is 19.4 Å². The van der Waals surface area contributed by atoms with E-state index in [2.05, 4.69) is 4.98 Å². The summed E-state index contributed by atoms with van der Waals surface area (Å²) < 4.78 is 22.7. The van der Waals surface area contributed by atoms with E-state index >= 15 is 0 Å². The third kappa shape index (κ3) is 8.05. The number of piperazine rings is 1. The molecule has 13 nitrogen and oxygen atoms in total. The van der Waals surface area contributed by atoms with Crippen LogP contribution in [0.5, 0.6) is 5.75 Å². The Morgan fingerprint density at radius 2 is 1.53 bits per heavy atom. The second kappa shape index (κ2) is 14.1. The van der Waals surface area contributed by atoms with Gasteiger partial charge in [0.2, 0.25) is 5.75 Å². The molecule has 4 rings (SSSR count). The van der Waals surface area contributed by atoms with E-state index in [1.165, 1.54) is 29.0 Å². The number of rotatable bonds is 7. The largest absolute Gasteiger partial charge is 0.461 e. The molecule has 1 aromatic heterocycles. The van der Waals surface area contributed by atoms with Gasteiger partial charge in [-0.1, -0.05) is 48.5 Å². The smallest absolute Gasteiger partial charge is 0.410 e. The molecule has 1 atom stereocenters. The molecule has 1 unspecified atom stereocenters. The SMILES string of the molecule is CCOC(=O)c1nc(C2CN(C(=O)OC(C)(C)C)CCN2C(=O)OCc2ccccc2)n(C)c(=O)c1OC(=O)c1ccccc1. The van der Waals surface area contributed by atoms with Crippen molar-refractivity contribution in [1.29, 1.82) is 0 Å². The van der Waals surface area contributed by atoms with Crippen molar-refractivity contribution in [2.75, 3.05) is 26.2 Å². The van der Waals surface area contributed by atoms with E-state index in [0.29, 0.717) is 0 Å². The van der Waals surface area contributed by atoms with Crippen molar-refractivity contribution in [3.05, 3.63) is 93.7 Å². The molecule has 1 fully saturated rings. The number of esters is 2. The minimum absolute atomic E-state index is 0.00683. The van der Waals surface area contributed by atoms with Crippen LogP contribution in [0.3, 0.4) is 0 Å². The van der Waals surface area contributed by atoms with Crippen molar-refractivity contribution in [3.63, 3.8) is 0 Å². The van der Waals surface area contributed by atoms with E-state index in [0.717, 1.165) is 10.1 Å². The Balaban J connectivity index is 1.75. The number of carbonyl (C=O) groups is 4. The first-order chi connectivity index (χ1) is 21.4. The lowest BCUT2D eigenvalue weighted by Crippen LogP contribution is -2.54. The fourth-order valence-corrected chi connectivity index (χ4v) is 4.57. The van der Waals surface area contributed by atoms with Gasteiger partial charge in [0.1, 0.15) is 24.1 Å². The molecule has 0 radical (unpaired) electrons. The van der Waals surface area contributed by atoms with Crippen molar-refractivity contribution in [2.45, 2.75) is 45.9 Å². The molecule has 238 valence electrons. The Kier molecular flexibility index (Phi) is 10.2. The molecule has 1 saturated heterocycles. The maximum absolute atomic E-state index is 13.7. The zero-order chi connectivity index (χ0) is 32.7. The minimum atomic E-state index is -1.06. The van der Waals surface area contributed by atoms with E-state index in [4.69, 9.17) is 18.9 Å². The van der Waals surface area contributed by atoms with Gasteiger partial charge in [-0.15, -0.1) is 0 Å². The van der Waals surface area contributed by atoms with Gasteiger partial charge in [0.25, 0.3) is 5.56 Å². The third-order valence-electron chi connectivity index (χ3n) is 6.73. The summed E-state index contributed by atoms with van der Waals surface area (Å²) in [7, 11) is 1.36. The predicted molar refractivity (Wildman–Crippen MR) is 161 cm³/mol. The molecular weight excluding hydrogens is 584 g/mol. The quantitative estimate of drug-likeness (QED) is 0.279. The van der Waals surface area contributed by atoms with Crippen LogP contribution in [-0.4, -0.2) is 75.3 Å². The summed E-state index contributed by atoms with van der Waals surface area (Å²) in [6.07, 6.45) is -1.35. The zero-order valence-corrected chi connectivity index (χ0v) is 25.8. The lowest BCUT2D eigenvalue weighted by atomic mass is 10.1. The summed E-state index contributed by atoms with van der Waals surface area (Å²) in [4.78, 5) is 73.3. The van der Waals surface area contributed by atoms with Crippen LogP contribution in [0.4, 0.5) is 9.59 Å². The number of benzene rings is 2. The molecule has 45 heavy (non-hydrogen) atoms. The lowest BCUT2D eigenvalue weighted by molar-refractivity contribution is -0.000901. The normalized spacial score (nSPS) is 14.8. The fourth-order valence-electron chi connectivity index (χ4n) is 4.57. The van der Waals surface area contributed by atoms with Crippen molar-refractivity contribution >= 4 is 24.1 Å². The second-order valence-corrected chi connectivity index (χ2v) is 11.2. The fraction of sp³-hybridized carbons (Fsp3) is 0.375. The van der Waals surface area contributed by atoms with E-state index < -0.39 is 52.8 Å². The van der Waals surface area contributed by atoms with E-state index in [9.17, 15) is 24.0 Å². The summed E-state index contributed by atoms with van der Waals surface area (Å²) in [5.74, 6) is -2.59. The number of carbonyl (C=O) groups excluding carboxylic acids is 4. The summed E-state index contributed by atoms with van der Waals surface area (Å²) in [6.45, 7) is 6.66. The van der Waals surface area contributed by atoms with Crippen LogP contribution in [0.15, 0.2) is 65.5 Å². The molecule has 0 bridgehead atoms. The second-order valence-electron chi connectivity index (χ2n) is 11.2. The first-order valence-corrected chi connectivity index (χ1v) is 14.4. The van der Waals surface area contributed by atoms with Gasteiger partial charge >= 0.3 is 24.1 Å². The molecule has 2 amide bonds. The number of amides is 2. The molecule has 1 aliphatic heterocycles. The van der Waals surface area contributed by atoms with Crippen molar-refractivity contribution in [3.8, 4) is 5.75 Å². The van der Waals surface area contributed by atoms with Gasteiger partial charge < -0.3 is 23.8 Å². The highest BCUT2D eigenvalue weighted by Crippen LogP contribution is 2.28. The highest BCUT2D eigenvalue weighted by atomic mass is 16.6. The average Bonchev–Trinajstić information content (AvgIpc) is 3.02. The molecule has 2 heterocycles. The molecule has 1 aliphatic rings. The Bertz CT molecular complexity index is 1600. The van der Waals surface area contributed by atoms with Gasteiger partial charge in [-0.3, -0.25) is 14.3 Å². The summed E-state index contributed by atoms with van der Waals surface area (Å²) in [5, 5.41) is 0. The number of ether oxygens (including phenoxy) is 4. The van der Waals surface area contributed by atoms with Gasteiger partial charge in [-0.25, -0.2) is 24.2 Å². The molecule has 0 spiro atoms. The Morgan fingerprint density at radius 1 is 0.889 bits per heavy atom. The Labute approximate surface area is 260 Å². The first kappa shape index (κ1) is 32.7. The average molecular weight is 621 g/mol. The Hall–Kier alpha value is -5.20. The van der Waals surface area contributed by atoms with Crippen LogP contribution in [0.1, 0.15) is 66.0 Å². The molecular formula is C32H36N4O9. The van der Waals surface area contributed by atoms with Crippen molar-refractivity contribution in [2.24, 2.45) is 7.05 Å². The highest BCUT2D eigenvalue weighted by Gasteiger charge is 2.39. The maximum atomic E-state index is 13.7. The Morgan fingerprint density at radius 3 is 2.16 bits per heavy atom. The van der Waals surface area contributed by atoms with Gasteiger partial charge in [0.15, 0.2) is 5.69 Å². The number of aromatic nitrogens is 2. The van der Waals surface area contributed by atoms with Gasteiger partial charge in [0.05, 0.1) is 18.7 Å². The third-order valence-corrected chi connectivity index (χ3v) is 6.73. The standard InChI is InChI=1S/C32H36N4O9/c1-6-42-29(39)24-25(44-28(38)22-15-11-8-12-16-22)27(37)34(5)26(33-24)23-19-35(30(40)45-32(2,3)4)17-18-36(23)31(41)43-20-21-13-9-7-10-14-21/h7-16,23H,6,17-20H2,1-5H3. The molecule has 3 aromatic rings. The highest BCUT2D eigenvalue weighted by molar-refractivity contribution is 5.94. The van der Waals surface area contributed by atoms with Crippen LogP contribution < -0.4 is 10.3 Å². The molecule has 0 aliphatic carbocycles. The monoisotopic (exact) mass is 620 g/mol. The van der Waals surface area contributed by atoms with Gasteiger partial charge in [-0.05, 0) is 45.4 Å². The number of hydrogen-bond donors (Lipinski definition) is 0. The van der Waals surface area contributed by atoms with E-state index in [1.807, 2.05) is 18.2 Å². The topological polar surface area (TPSA) is 147 Å². The summed E-state index contributed by atoms with van der Waals surface area (Å²) >= 11 is 0. The van der Waals surface area contributed by atoms with Gasteiger partial charge in [0, 0.05) is 20.1 Å². The van der Waals surface area contributed by atoms with E-state index in [1.54, 1.807) is 58.0 Å². The number of nitrogens with zero attached hydrogens (tertiary/aromatic N) is 4. The van der Waals surface area contributed by atoms with Gasteiger partial charge in [-0.2, -0.15) is 0 Å². The lowest BCUT2D eigenvalue weighted by Gasteiger charge is -2.40. The predicted octanol–water partition coefficient (Wildman–Crippen LogP) is 4.11. The first-order valence-electron chi connectivity index (χ1n) is 14.4. The zero-order valence-electron chi connectivity index (χ0n) is 25.8. The van der Waals surface area contributed by atoms with Crippen LogP contribution in [0.25, 0.3) is 0 Å². The molecule has 0 N–H and O–H groups in total. The minimum Gasteiger partial charge on any atom is -0.461 e. The van der Waals surface area contributed by atoms with Crippen molar-refractivity contribution < 1.29 is 38.1 Å². The summed E-state index contributed by atoms with van der Waals surface area (Å²) in [5.41, 5.74) is -1.31. The van der Waals surface area contributed by atoms with Crippen LogP contribution in [0, 0.1) is 0 Å². The van der Waals surface area contributed by atoms with Crippen LogP contribution >= 0.6 is 0 Å². The van der Waals surface area contributed by atoms with Crippen LogP contribution in [0.2, 0.25) is 0 Å². The maximum Gasteiger partial charge on any atom is 0.410 e.